The first-order valence-electron chi connectivity index (χ1n) is 5.47. The van der Waals surface area contributed by atoms with E-state index in [1.165, 1.54) is 0 Å². The summed E-state index contributed by atoms with van der Waals surface area (Å²) in [6, 6.07) is 7.20. The Morgan fingerprint density at radius 1 is 1.50 bits per heavy atom. The molecule has 0 bridgehead atoms. The number of nitrogens with one attached hydrogen (secondary N) is 2. The van der Waals surface area contributed by atoms with E-state index in [1.54, 1.807) is 29.7 Å². The van der Waals surface area contributed by atoms with Gasteiger partial charge in [-0.1, -0.05) is 6.07 Å². The zero-order valence-electron chi connectivity index (χ0n) is 9.88. The summed E-state index contributed by atoms with van der Waals surface area (Å²) in [5.41, 5.74) is 2.94. The predicted molar refractivity (Wildman–Crippen MR) is 72.2 cm³/mol. The number of aromatic nitrogens is 1. The smallest absolute Gasteiger partial charge is 0.251 e. The summed E-state index contributed by atoms with van der Waals surface area (Å²) >= 11 is 1.62. The summed E-state index contributed by atoms with van der Waals surface area (Å²) in [5, 5.41) is 4.91. The van der Waals surface area contributed by atoms with Crippen molar-refractivity contribution < 1.29 is 4.79 Å². The number of hydrogen-bond donors (Lipinski definition) is 3. The molecule has 0 spiro atoms. The van der Waals surface area contributed by atoms with E-state index >= 15 is 0 Å². The summed E-state index contributed by atoms with van der Waals surface area (Å²) in [6.45, 7) is 1.95. The second-order valence-corrected chi connectivity index (χ2v) is 4.76. The van der Waals surface area contributed by atoms with Gasteiger partial charge in [-0.2, -0.15) is 0 Å². The molecule has 94 valence electrons. The van der Waals surface area contributed by atoms with Gasteiger partial charge in [0.1, 0.15) is 5.82 Å². The Morgan fingerprint density at radius 2 is 2.33 bits per heavy atom. The molecular formula is C12H14N4OS. The van der Waals surface area contributed by atoms with Gasteiger partial charge in [-0.05, 0) is 30.5 Å². The highest BCUT2D eigenvalue weighted by molar-refractivity contribution is 7.10. The van der Waals surface area contributed by atoms with Crippen LogP contribution in [0.4, 0.5) is 5.82 Å². The zero-order chi connectivity index (χ0) is 13.0. The van der Waals surface area contributed by atoms with Gasteiger partial charge in [0.25, 0.3) is 5.91 Å². The van der Waals surface area contributed by atoms with Crippen molar-refractivity contribution in [3.8, 4) is 0 Å². The van der Waals surface area contributed by atoms with Crippen LogP contribution in [0.15, 0.2) is 35.8 Å². The molecular weight excluding hydrogens is 248 g/mol. The fourth-order valence-corrected chi connectivity index (χ4v) is 2.27. The minimum Gasteiger partial charge on any atom is -0.345 e. The molecule has 1 atom stereocenters. The fraction of sp³-hybridized carbons (Fsp3) is 0.167. The maximum atomic E-state index is 12.0. The van der Waals surface area contributed by atoms with Crippen LogP contribution in [0.3, 0.4) is 0 Å². The van der Waals surface area contributed by atoms with Crippen LogP contribution < -0.4 is 16.6 Å². The Balaban J connectivity index is 2.07. The van der Waals surface area contributed by atoms with Crippen LogP contribution in [0.25, 0.3) is 0 Å². The van der Waals surface area contributed by atoms with Crippen LogP contribution in [0.5, 0.6) is 0 Å². The van der Waals surface area contributed by atoms with Gasteiger partial charge in [-0.25, -0.2) is 10.8 Å². The number of anilines is 1. The molecule has 1 unspecified atom stereocenters. The van der Waals surface area contributed by atoms with Crippen LogP contribution in [-0.4, -0.2) is 10.9 Å². The molecule has 0 aliphatic carbocycles. The van der Waals surface area contributed by atoms with Gasteiger partial charge in [-0.15, -0.1) is 11.3 Å². The van der Waals surface area contributed by atoms with Crippen molar-refractivity contribution in [2.75, 3.05) is 5.43 Å². The first-order chi connectivity index (χ1) is 8.70. The van der Waals surface area contributed by atoms with Gasteiger partial charge in [-0.3, -0.25) is 4.79 Å². The Labute approximate surface area is 109 Å². The van der Waals surface area contributed by atoms with Crippen molar-refractivity contribution in [1.82, 2.24) is 10.3 Å². The van der Waals surface area contributed by atoms with Gasteiger partial charge in [0.2, 0.25) is 0 Å². The molecule has 0 aliphatic rings. The monoisotopic (exact) mass is 262 g/mol. The van der Waals surface area contributed by atoms with Crippen LogP contribution in [0.2, 0.25) is 0 Å². The molecule has 0 saturated carbocycles. The molecule has 4 N–H and O–H groups in total. The first kappa shape index (κ1) is 12.5. The fourth-order valence-electron chi connectivity index (χ4n) is 1.54. The number of hydrazine groups is 1. The summed E-state index contributed by atoms with van der Waals surface area (Å²) in [6.07, 6.45) is 1.54. The summed E-state index contributed by atoms with van der Waals surface area (Å²) in [4.78, 5) is 17.1. The number of hydrogen-bond acceptors (Lipinski definition) is 5. The average Bonchev–Trinajstić information content (AvgIpc) is 2.92. The van der Waals surface area contributed by atoms with Crippen molar-refractivity contribution in [3.05, 3.63) is 46.3 Å². The molecule has 2 rings (SSSR count). The van der Waals surface area contributed by atoms with E-state index in [4.69, 9.17) is 5.84 Å². The Hall–Kier alpha value is -1.92. The van der Waals surface area contributed by atoms with Crippen molar-refractivity contribution in [3.63, 3.8) is 0 Å². The van der Waals surface area contributed by atoms with Gasteiger partial charge < -0.3 is 10.7 Å². The minimum absolute atomic E-state index is 0.0139. The summed E-state index contributed by atoms with van der Waals surface area (Å²) in [7, 11) is 0. The number of nitrogens with two attached hydrogens (primary N) is 1. The molecule has 0 aliphatic heterocycles. The number of amides is 1. The lowest BCUT2D eigenvalue weighted by Crippen LogP contribution is -2.26. The van der Waals surface area contributed by atoms with Gasteiger partial charge >= 0.3 is 0 Å². The third-order valence-electron chi connectivity index (χ3n) is 2.49. The highest BCUT2D eigenvalue weighted by Crippen LogP contribution is 2.18. The molecule has 18 heavy (non-hydrogen) atoms. The van der Waals surface area contributed by atoms with Crippen molar-refractivity contribution in [2.45, 2.75) is 13.0 Å². The molecule has 0 radical (unpaired) electrons. The van der Waals surface area contributed by atoms with E-state index in [9.17, 15) is 4.79 Å². The maximum absolute atomic E-state index is 12.0. The van der Waals surface area contributed by atoms with E-state index < -0.39 is 0 Å². The second-order valence-electron chi connectivity index (χ2n) is 3.78. The number of nitrogen functional groups attached to an aromatic ring is 1. The minimum atomic E-state index is -0.144. The highest BCUT2D eigenvalue weighted by atomic mass is 32.1. The van der Waals surface area contributed by atoms with Crippen LogP contribution in [0, 0.1) is 0 Å². The standard InChI is InChI=1S/C12H14N4OS/c1-8(10-3-2-6-18-10)15-12(17)9-4-5-14-11(7-9)16-13/h2-8H,13H2,1H3,(H,14,16)(H,15,17). The van der Waals surface area contributed by atoms with Crippen LogP contribution in [-0.2, 0) is 0 Å². The predicted octanol–water partition coefficient (Wildman–Crippen LogP) is 1.92. The van der Waals surface area contributed by atoms with E-state index in [0.717, 1.165) is 4.88 Å². The van der Waals surface area contributed by atoms with Crippen molar-refractivity contribution >= 4 is 23.1 Å². The lowest BCUT2D eigenvalue weighted by molar-refractivity contribution is 0.0940. The number of carbonyl (C=O) groups excluding carboxylic acids is 1. The largest absolute Gasteiger partial charge is 0.345 e. The maximum Gasteiger partial charge on any atom is 0.251 e. The Bertz CT molecular complexity index is 527. The first-order valence-corrected chi connectivity index (χ1v) is 6.35. The second kappa shape index (κ2) is 5.61. The van der Waals surface area contributed by atoms with E-state index in [1.807, 2.05) is 24.4 Å². The molecule has 0 aromatic carbocycles. The molecule has 2 aromatic rings. The Kier molecular flexibility index (Phi) is 3.91. The summed E-state index contributed by atoms with van der Waals surface area (Å²) < 4.78 is 0. The van der Waals surface area contributed by atoms with Gasteiger partial charge in [0.15, 0.2) is 0 Å². The summed E-state index contributed by atoms with van der Waals surface area (Å²) in [5.74, 6) is 5.58. The number of carbonyl (C=O) groups is 1. The third-order valence-corrected chi connectivity index (χ3v) is 3.54. The number of thiophene rings is 1. The molecule has 2 aromatic heterocycles. The average molecular weight is 262 g/mol. The lowest BCUT2D eigenvalue weighted by Gasteiger charge is -2.12. The van der Waals surface area contributed by atoms with Crippen molar-refractivity contribution in [2.24, 2.45) is 5.84 Å². The molecule has 5 nitrogen and oxygen atoms in total. The Morgan fingerprint density at radius 3 is 3.00 bits per heavy atom. The van der Waals surface area contributed by atoms with Gasteiger partial charge in [0, 0.05) is 16.6 Å². The highest BCUT2D eigenvalue weighted by Gasteiger charge is 2.12. The zero-order valence-corrected chi connectivity index (χ0v) is 10.7. The number of nitrogens with zero attached hydrogens (tertiary/aromatic N) is 1. The van der Waals surface area contributed by atoms with E-state index in [2.05, 4.69) is 15.7 Å². The van der Waals surface area contributed by atoms with Crippen molar-refractivity contribution in [1.29, 1.82) is 0 Å². The van der Waals surface area contributed by atoms with Crippen LogP contribution >= 0.6 is 11.3 Å². The lowest BCUT2D eigenvalue weighted by atomic mass is 10.2. The number of rotatable bonds is 4. The molecule has 0 fully saturated rings. The van der Waals surface area contributed by atoms with Gasteiger partial charge in [0.05, 0.1) is 6.04 Å². The van der Waals surface area contributed by atoms with E-state index in [0.29, 0.717) is 11.4 Å². The normalized spacial score (nSPS) is 11.9. The SMILES string of the molecule is CC(NC(=O)c1ccnc(NN)c1)c1cccs1. The third kappa shape index (κ3) is 2.85. The number of pyridine rings is 1. The molecule has 2 heterocycles. The molecule has 6 heteroatoms. The molecule has 0 saturated heterocycles. The topological polar surface area (TPSA) is 80.0 Å². The quantitative estimate of drug-likeness (QED) is 0.581. The van der Waals surface area contributed by atoms with E-state index in [-0.39, 0.29) is 11.9 Å². The van der Waals surface area contributed by atoms with Crippen LogP contribution in [0.1, 0.15) is 28.2 Å². The molecule has 1 amide bonds.